The van der Waals surface area contributed by atoms with Crippen molar-refractivity contribution in [3.8, 4) is 11.5 Å². The van der Waals surface area contributed by atoms with E-state index in [0.29, 0.717) is 36.9 Å². The van der Waals surface area contributed by atoms with E-state index in [1.807, 2.05) is 27.8 Å². The van der Waals surface area contributed by atoms with Crippen LogP contribution in [0.2, 0.25) is 0 Å². The number of nitrogens with zero attached hydrogens (tertiary/aromatic N) is 3. The fourth-order valence-electron chi connectivity index (χ4n) is 3.21. The second kappa shape index (κ2) is 8.33. The Morgan fingerprint density at radius 3 is 2.57 bits per heavy atom. The molecular weight excluding hydrogens is 360 g/mol. The van der Waals surface area contributed by atoms with Crippen LogP contribution in [0.1, 0.15) is 23.9 Å². The third kappa shape index (κ3) is 4.27. The van der Waals surface area contributed by atoms with Crippen molar-refractivity contribution in [2.45, 2.75) is 27.2 Å². The standard InChI is InChI=1S/C20H26N4O4/c1-5-24(20(26)11-16-13(2)22-23(4)14(16)3)12-19(25)21-15-6-7-17-18(10-15)28-9-8-27-17/h6-7,10H,5,8-9,11-12H2,1-4H3,(H,21,25). The molecule has 0 aliphatic carbocycles. The highest BCUT2D eigenvalue weighted by molar-refractivity contribution is 5.95. The van der Waals surface area contributed by atoms with Gasteiger partial charge >= 0.3 is 0 Å². The molecular formula is C20H26N4O4. The summed E-state index contributed by atoms with van der Waals surface area (Å²) in [5, 5.41) is 7.16. The van der Waals surface area contributed by atoms with E-state index < -0.39 is 0 Å². The van der Waals surface area contributed by atoms with E-state index in [1.54, 1.807) is 27.8 Å². The van der Waals surface area contributed by atoms with Crippen molar-refractivity contribution < 1.29 is 19.1 Å². The molecule has 0 saturated heterocycles. The van der Waals surface area contributed by atoms with Crippen LogP contribution in [-0.4, -0.2) is 52.8 Å². The first-order valence-corrected chi connectivity index (χ1v) is 9.35. The number of hydrogen-bond acceptors (Lipinski definition) is 5. The Kier molecular flexibility index (Phi) is 5.87. The first-order valence-electron chi connectivity index (χ1n) is 9.35. The van der Waals surface area contributed by atoms with Gasteiger partial charge in [0.15, 0.2) is 11.5 Å². The number of rotatable bonds is 6. The first-order chi connectivity index (χ1) is 13.4. The smallest absolute Gasteiger partial charge is 0.243 e. The molecule has 1 aliphatic rings. The normalized spacial score (nSPS) is 12.6. The number of fused-ring (bicyclic) bond motifs is 1. The Morgan fingerprint density at radius 1 is 1.21 bits per heavy atom. The lowest BCUT2D eigenvalue weighted by atomic mass is 10.1. The fourth-order valence-corrected chi connectivity index (χ4v) is 3.21. The zero-order valence-electron chi connectivity index (χ0n) is 16.7. The summed E-state index contributed by atoms with van der Waals surface area (Å²) in [5.74, 6) is 0.914. The quantitative estimate of drug-likeness (QED) is 0.819. The van der Waals surface area contributed by atoms with Gasteiger partial charge < -0.3 is 19.7 Å². The highest BCUT2D eigenvalue weighted by Gasteiger charge is 2.20. The molecule has 8 nitrogen and oxygen atoms in total. The Bertz CT molecular complexity index is 891. The molecule has 2 aromatic rings. The lowest BCUT2D eigenvalue weighted by molar-refractivity contribution is -0.133. The lowest BCUT2D eigenvalue weighted by Crippen LogP contribution is -2.38. The minimum atomic E-state index is -0.258. The maximum absolute atomic E-state index is 12.7. The number of ether oxygens (including phenoxy) is 2. The highest BCUT2D eigenvalue weighted by Crippen LogP contribution is 2.32. The summed E-state index contributed by atoms with van der Waals surface area (Å²) in [4.78, 5) is 26.7. The summed E-state index contributed by atoms with van der Waals surface area (Å²) in [6.45, 7) is 7.12. The molecule has 28 heavy (non-hydrogen) atoms. The number of carbonyl (C=O) groups is 2. The number of aromatic nitrogens is 2. The minimum Gasteiger partial charge on any atom is -0.486 e. The van der Waals surface area contributed by atoms with E-state index in [4.69, 9.17) is 9.47 Å². The largest absolute Gasteiger partial charge is 0.486 e. The second-order valence-electron chi connectivity index (χ2n) is 6.76. The van der Waals surface area contributed by atoms with Crippen LogP contribution in [0.15, 0.2) is 18.2 Å². The summed E-state index contributed by atoms with van der Waals surface area (Å²) < 4.78 is 12.8. The summed E-state index contributed by atoms with van der Waals surface area (Å²) in [6.07, 6.45) is 0.233. The van der Waals surface area contributed by atoms with Crippen molar-refractivity contribution in [1.82, 2.24) is 14.7 Å². The summed E-state index contributed by atoms with van der Waals surface area (Å²) in [7, 11) is 1.86. The molecule has 2 heterocycles. The molecule has 3 rings (SSSR count). The number of anilines is 1. The predicted molar refractivity (Wildman–Crippen MR) is 105 cm³/mol. The topological polar surface area (TPSA) is 85.7 Å². The zero-order chi connectivity index (χ0) is 20.3. The number of aryl methyl sites for hydroxylation is 2. The van der Waals surface area contributed by atoms with E-state index in [0.717, 1.165) is 17.0 Å². The maximum atomic E-state index is 12.7. The van der Waals surface area contributed by atoms with Gasteiger partial charge in [-0.05, 0) is 32.9 Å². The third-order valence-corrected chi connectivity index (χ3v) is 4.88. The fraction of sp³-hybridized carbons (Fsp3) is 0.450. The lowest BCUT2D eigenvalue weighted by Gasteiger charge is -2.21. The Hall–Kier alpha value is -3.03. The molecule has 0 saturated carbocycles. The minimum absolute atomic E-state index is 0.0118. The van der Waals surface area contributed by atoms with Gasteiger partial charge in [0.05, 0.1) is 18.7 Å². The molecule has 150 valence electrons. The van der Waals surface area contributed by atoms with Crippen molar-refractivity contribution in [3.63, 3.8) is 0 Å². The van der Waals surface area contributed by atoms with Crippen molar-refractivity contribution in [2.24, 2.45) is 7.05 Å². The van der Waals surface area contributed by atoms with Crippen LogP contribution < -0.4 is 14.8 Å². The van der Waals surface area contributed by atoms with Crippen LogP contribution in [0.5, 0.6) is 11.5 Å². The molecule has 0 unspecified atom stereocenters. The van der Waals surface area contributed by atoms with Gasteiger partial charge in [-0.25, -0.2) is 0 Å². The number of amides is 2. The van der Waals surface area contributed by atoms with Crippen molar-refractivity contribution in [3.05, 3.63) is 35.2 Å². The average molecular weight is 386 g/mol. The molecule has 0 fully saturated rings. The van der Waals surface area contributed by atoms with Crippen LogP contribution in [0.4, 0.5) is 5.69 Å². The van der Waals surface area contributed by atoms with Gasteiger partial charge in [0.1, 0.15) is 13.2 Å². The van der Waals surface area contributed by atoms with Crippen LogP contribution in [-0.2, 0) is 23.1 Å². The molecule has 1 N–H and O–H groups in total. The van der Waals surface area contributed by atoms with Crippen molar-refractivity contribution in [2.75, 3.05) is 31.6 Å². The monoisotopic (exact) mass is 386 g/mol. The Balaban J connectivity index is 1.62. The summed E-state index contributed by atoms with van der Waals surface area (Å²) >= 11 is 0. The van der Waals surface area contributed by atoms with Crippen LogP contribution >= 0.6 is 0 Å². The molecule has 0 spiro atoms. The second-order valence-corrected chi connectivity index (χ2v) is 6.76. The van der Waals surface area contributed by atoms with Gasteiger partial charge in [-0.3, -0.25) is 14.3 Å². The predicted octanol–water partition coefficient (Wildman–Crippen LogP) is 1.84. The van der Waals surface area contributed by atoms with E-state index >= 15 is 0 Å². The molecule has 1 aromatic heterocycles. The van der Waals surface area contributed by atoms with Gasteiger partial charge in [0, 0.05) is 36.6 Å². The van der Waals surface area contributed by atoms with Gasteiger partial charge in [-0.2, -0.15) is 5.10 Å². The maximum Gasteiger partial charge on any atom is 0.243 e. The SMILES string of the molecule is CCN(CC(=O)Nc1ccc2c(c1)OCCO2)C(=O)Cc1c(C)nn(C)c1C. The third-order valence-electron chi connectivity index (χ3n) is 4.88. The van der Waals surface area contributed by atoms with Gasteiger partial charge in [0.25, 0.3) is 0 Å². The van der Waals surface area contributed by atoms with Crippen LogP contribution in [0.3, 0.4) is 0 Å². The molecule has 0 bridgehead atoms. The molecule has 0 radical (unpaired) electrons. The average Bonchev–Trinajstić information content (AvgIpc) is 2.92. The van der Waals surface area contributed by atoms with Crippen molar-refractivity contribution in [1.29, 1.82) is 0 Å². The molecule has 2 amide bonds. The van der Waals surface area contributed by atoms with E-state index in [1.165, 1.54) is 0 Å². The highest BCUT2D eigenvalue weighted by atomic mass is 16.6. The number of benzene rings is 1. The van der Waals surface area contributed by atoms with Gasteiger partial charge in [-0.1, -0.05) is 0 Å². The van der Waals surface area contributed by atoms with Crippen molar-refractivity contribution >= 4 is 17.5 Å². The van der Waals surface area contributed by atoms with Crippen LogP contribution in [0, 0.1) is 13.8 Å². The molecule has 0 atom stereocenters. The van der Waals surface area contributed by atoms with E-state index in [2.05, 4.69) is 10.4 Å². The van der Waals surface area contributed by atoms with Gasteiger partial charge in [0.2, 0.25) is 11.8 Å². The summed E-state index contributed by atoms with van der Waals surface area (Å²) in [5.41, 5.74) is 3.32. The number of carbonyl (C=O) groups excluding carboxylic acids is 2. The molecule has 8 heteroatoms. The Morgan fingerprint density at radius 2 is 1.93 bits per heavy atom. The summed E-state index contributed by atoms with van der Waals surface area (Å²) in [6, 6.07) is 5.25. The molecule has 1 aliphatic heterocycles. The number of likely N-dealkylation sites (N-methyl/N-ethyl adjacent to an activating group) is 1. The first kappa shape index (κ1) is 19.7. The van der Waals surface area contributed by atoms with E-state index in [-0.39, 0.29) is 24.8 Å². The van der Waals surface area contributed by atoms with E-state index in [9.17, 15) is 9.59 Å². The van der Waals surface area contributed by atoms with Gasteiger partial charge in [-0.15, -0.1) is 0 Å². The zero-order valence-corrected chi connectivity index (χ0v) is 16.7. The Labute approximate surface area is 164 Å². The number of nitrogens with one attached hydrogen (secondary N) is 1. The van der Waals surface area contributed by atoms with Crippen LogP contribution in [0.25, 0.3) is 0 Å². The number of hydrogen-bond donors (Lipinski definition) is 1. The molecule has 1 aromatic carbocycles.